The van der Waals surface area contributed by atoms with E-state index in [9.17, 15) is 13.6 Å². The second kappa shape index (κ2) is 6.25. The van der Waals surface area contributed by atoms with E-state index in [0.717, 1.165) is 12.1 Å². The van der Waals surface area contributed by atoms with Gasteiger partial charge in [0.05, 0.1) is 3.57 Å². The van der Waals surface area contributed by atoms with E-state index < -0.39 is 11.6 Å². The summed E-state index contributed by atoms with van der Waals surface area (Å²) in [7, 11) is 1.73. The van der Waals surface area contributed by atoms with Crippen molar-refractivity contribution in [2.75, 3.05) is 18.9 Å². The van der Waals surface area contributed by atoms with Crippen LogP contribution >= 0.6 is 22.6 Å². The first-order valence-electron chi connectivity index (χ1n) is 5.05. The normalized spacial score (nSPS) is 12.3. The molecule has 6 heteroatoms. The predicted molar refractivity (Wildman–Crippen MR) is 70.8 cm³/mol. The van der Waals surface area contributed by atoms with Crippen molar-refractivity contribution in [3.05, 3.63) is 27.3 Å². The van der Waals surface area contributed by atoms with E-state index in [-0.39, 0.29) is 21.1 Å². The van der Waals surface area contributed by atoms with Crippen LogP contribution in [0, 0.1) is 21.1 Å². The first-order chi connectivity index (χ1) is 7.95. The number of carbonyl (C=O) groups is 1. The molecule has 0 aliphatic rings. The zero-order valence-corrected chi connectivity index (χ0v) is 11.6. The Hall–Kier alpha value is -0.760. The van der Waals surface area contributed by atoms with Crippen LogP contribution in [0.15, 0.2) is 12.1 Å². The van der Waals surface area contributed by atoms with Crippen LogP contribution < -0.4 is 10.6 Å². The first kappa shape index (κ1) is 14.3. The Morgan fingerprint density at radius 2 is 1.94 bits per heavy atom. The van der Waals surface area contributed by atoms with Crippen molar-refractivity contribution < 1.29 is 13.6 Å². The van der Waals surface area contributed by atoms with Crippen LogP contribution in [0.1, 0.15) is 6.92 Å². The number of benzene rings is 1. The van der Waals surface area contributed by atoms with Gasteiger partial charge in [-0.1, -0.05) is 6.92 Å². The summed E-state index contributed by atoms with van der Waals surface area (Å²) >= 11 is 1.57. The van der Waals surface area contributed by atoms with E-state index >= 15 is 0 Å². The zero-order chi connectivity index (χ0) is 13.0. The Bertz CT molecular complexity index is 403. The number of amides is 1. The van der Waals surface area contributed by atoms with Crippen molar-refractivity contribution >= 4 is 34.2 Å². The third-order valence-electron chi connectivity index (χ3n) is 2.21. The maximum Gasteiger partial charge on any atom is 0.228 e. The van der Waals surface area contributed by atoms with Gasteiger partial charge >= 0.3 is 0 Å². The zero-order valence-electron chi connectivity index (χ0n) is 9.48. The highest BCUT2D eigenvalue weighted by Gasteiger charge is 2.14. The van der Waals surface area contributed by atoms with E-state index in [0.29, 0.717) is 6.54 Å². The summed E-state index contributed by atoms with van der Waals surface area (Å²) in [6.07, 6.45) is 0. The second-order valence-corrected chi connectivity index (χ2v) is 4.78. The van der Waals surface area contributed by atoms with E-state index in [1.54, 1.807) is 36.6 Å². The molecular formula is C11H13F2IN2O. The summed E-state index contributed by atoms with van der Waals surface area (Å²) in [6.45, 7) is 2.23. The molecule has 0 aromatic heterocycles. The van der Waals surface area contributed by atoms with Gasteiger partial charge in [-0.15, -0.1) is 0 Å². The summed E-state index contributed by atoms with van der Waals surface area (Å²) < 4.78 is 26.4. The molecule has 94 valence electrons. The van der Waals surface area contributed by atoms with E-state index in [1.807, 2.05) is 0 Å². The molecule has 0 saturated carbocycles. The number of carbonyl (C=O) groups excluding carboxylic acids is 1. The molecule has 0 aliphatic carbocycles. The van der Waals surface area contributed by atoms with Crippen molar-refractivity contribution in [1.82, 2.24) is 5.32 Å². The van der Waals surface area contributed by atoms with Crippen LogP contribution in [-0.2, 0) is 4.79 Å². The van der Waals surface area contributed by atoms with Gasteiger partial charge in [-0.05, 0) is 41.8 Å². The Morgan fingerprint density at radius 3 is 2.41 bits per heavy atom. The lowest BCUT2D eigenvalue weighted by atomic mass is 10.1. The van der Waals surface area contributed by atoms with Gasteiger partial charge in [-0.25, -0.2) is 8.78 Å². The standard InChI is InChI=1S/C11H13F2IN2O/c1-6(5-15-2)11(17)16-7-3-8(12)10(14)9(13)4-7/h3-4,6,15H,5H2,1-2H3,(H,16,17). The average molecular weight is 354 g/mol. The van der Waals surface area contributed by atoms with E-state index in [2.05, 4.69) is 10.6 Å². The van der Waals surface area contributed by atoms with Gasteiger partial charge in [0.15, 0.2) is 0 Å². The second-order valence-electron chi connectivity index (χ2n) is 3.70. The Kier molecular flexibility index (Phi) is 5.26. The molecule has 0 heterocycles. The van der Waals surface area contributed by atoms with Gasteiger partial charge in [-0.2, -0.15) is 0 Å². The van der Waals surface area contributed by atoms with Gasteiger partial charge in [0.25, 0.3) is 0 Å². The molecule has 0 fully saturated rings. The third-order valence-corrected chi connectivity index (χ3v) is 3.24. The van der Waals surface area contributed by atoms with Crippen molar-refractivity contribution in [3.8, 4) is 0 Å². The van der Waals surface area contributed by atoms with Crippen molar-refractivity contribution in [2.24, 2.45) is 5.92 Å². The lowest BCUT2D eigenvalue weighted by Crippen LogP contribution is -2.28. The van der Waals surface area contributed by atoms with Gasteiger partial charge in [0, 0.05) is 18.2 Å². The predicted octanol–water partition coefficient (Wildman–Crippen LogP) is 2.36. The molecule has 1 unspecified atom stereocenters. The molecule has 0 bridgehead atoms. The Labute approximate surface area is 112 Å². The van der Waals surface area contributed by atoms with Crippen LogP contribution in [0.5, 0.6) is 0 Å². The lowest BCUT2D eigenvalue weighted by molar-refractivity contribution is -0.119. The first-order valence-corrected chi connectivity index (χ1v) is 6.13. The lowest BCUT2D eigenvalue weighted by Gasteiger charge is -2.12. The van der Waals surface area contributed by atoms with Crippen LogP contribution in [0.2, 0.25) is 0 Å². The van der Waals surface area contributed by atoms with Crippen LogP contribution in [0.4, 0.5) is 14.5 Å². The molecular weight excluding hydrogens is 341 g/mol. The van der Waals surface area contributed by atoms with Gasteiger partial charge in [-0.3, -0.25) is 4.79 Å². The van der Waals surface area contributed by atoms with Crippen molar-refractivity contribution in [2.45, 2.75) is 6.92 Å². The number of nitrogens with one attached hydrogen (secondary N) is 2. The molecule has 1 aromatic rings. The fourth-order valence-corrected chi connectivity index (χ4v) is 1.60. The minimum absolute atomic E-state index is 0.0797. The minimum Gasteiger partial charge on any atom is -0.326 e. The monoisotopic (exact) mass is 354 g/mol. The summed E-state index contributed by atoms with van der Waals surface area (Å²) in [5, 5.41) is 5.33. The molecule has 0 radical (unpaired) electrons. The fraction of sp³-hybridized carbons (Fsp3) is 0.364. The maximum absolute atomic E-state index is 13.2. The van der Waals surface area contributed by atoms with Gasteiger partial charge in [0.2, 0.25) is 5.91 Å². The molecule has 1 atom stereocenters. The molecule has 2 N–H and O–H groups in total. The Morgan fingerprint density at radius 1 is 1.41 bits per heavy atom. The summed E-state index contributed by atoms with van der Waals surface area (Å²) in [4.78, 5) is 11.6. The van der Waals surface area contributed by atoms with Crippen LogP contribution in [0.3, 0.4) is 0 Å². The van der Waals surface area contributed by atoms with E-state index in [1.165, 1.54) is 0 Å². The van der Waals surface area contributed by atoms with Crippen LogP contribution in [-0.4, -0.2) is 19.5 Å². The molecule has 1 amide bonds. The quantitative estimate of drug-likeness (QED) is 0.644. The van der Waals surface area contributed by atoms with Crippen molar-refractivity contribution in [3.63, 3.8) is 0 Å². The van der Waals surface area contributed by atoms with E-state index in [4.69, 9.17) is 0 Å². The highest BCUT2D eigenvalue weighted by molar-refractivity contribution is 14.1. The Balaban J connectivity index is 2.79. The van der Waals surface area contributed by atoms with Gasteiger partial charge < -0.3 is 10.6 Å². The number of hydrogen-bond acceptors (Lipinski definition) is 2. The minimum atomic E-state index is -0.679. The molecule has 1 aromatic carbocycles. The summed E-state index contributed by atoms with van der Waals surface area (Å²) in [5.41, 5.74) is 0.133. The molecule has 0 saturated heterocycles. The molecule has 0 aliphatic heterocycles. The smallest absolute Gasteiger partial charge is 0.228 e. The number of halogens is 3. The largest absolute Gasteiger partial charge is 0.326 e. The van der Waals surface area contributed by atoms with Crippen molar-refractivity contribution in [1.29, 1.82) is 0 Å². The number of hydrogen-bond donors (Lipinski definition) is 2. The summed E-state index contributed by atoms with van der Waals surface area (Å²) in [5.74, 6) is -1.91. The highest BCUT2D eigenvalue weighted by Crippen LogP contribution is 2.20. The molecule has 1 rings (SSSR count). The maximum atomic E-state index is 13.2. The average Bonchev–Trinajstić information content (AvgIpc) is 2.26. The van der Waals surface area contributed by atoms with Crippen LogP contribution in [0.25, 0.3) is 0 Å². The SMILES string of the molecule is CNCC(C)C(=O)Nc1cc(F)c(I)c(F)c1. The fourth-order valence-electron chi connectivity index (χ4n) is 1.29. The third kappa shape index (κ3) is 3.88. The molecule has 17 heavy (non-hydrogen) atoms. The molecule has 3 nitrogen and oxygen atoms in total. The molecule has 0 spiro atoms. The number of anilines is 1. The highest BCUT2D eigenvalue weighted by atomic mass is 127. The number of rotatable bonds is 4. The summed E-state index contributed by atoms with van der Waals surface area (Å²) in [6, 6.07) is 2.21. The topological polar surface area (TPSA) is 41.1 Å². The van der Waals surface area contributed by atoms with Gasteiger partial charge in [0.1, 0.15) is 11.6 Å².